The minimum absolute atomic E-state index is 0.0219. The lowest BCUT2D eigenvalue weighted by Gasteiger charge is -2.37. The number of carbonyl (C=O) groups excluding carboxylic acids is 1. The number of hydrogen-bond donors (Lipinski definition) is 1. The minimum Gasteiger partial charge on any atom is -0.324 e. The van der Waals surface area contributed by atoms with Crippen molar-refractivity contribution < 1.29 is 4.79 Å². The van der Waals surface area contributed by atoms with Gasteiger partial charge in [0.1, 0.15) is 0 Å². The van der Waals surface area contributed by atoms with Gasteiger partial charge in [-0.05, 0) is 39.3 Å². The van der Waals surface area contributed by atoms with Crippen LogP contribution in [-0.2, 0) is 4.79 Å². The van der Waals surface area contributed by atoms with Gasteiger partial charge in [0.25, 0.3) is 0 Å². The van der Waals surface area contributed by atoms with Crippen molar-refractivity contribution in [1.82, 2.24) is 15.1 Å². The van der Waals surface area contributed by atoms with Crippen molar-refractivity contribution in [1.29, 1.82) is 0 Å². The summed E-state index contributed by atoms with van der Waals surface area (Å²) >= 11 is 0. The van der Waals surface area contributed by atoms with Crippen LogP contribution in [0.4, 0.5) is 0 Å². The molecule has 2 aliphatic rings. The van der Waals surface area contributed by atoms with E-state index in [9.17, 15) is 4.79 Å². The molecular weight excluding hydrogens is 226 g/mol. The molecule has 2 saturated heterocycles. The van der Waals surface area contributed by atoms with Gasteiger partial charge in [0.05, 0.1) is 12.2 Å². The zero-order chi connectivity index (χ0) is 13.3. The summed E-state index contributed by atoms with van der Waals surface area (Å²) in [5.74, 6) is 0.737. The van der Waals surface area contributed by atoms with E-state index in [0.29, 0.717) is 12.0 Å². The van der Waals surface area contributed by atoms with Crippen LogP contribution < -0.4 is 5.32 Å². The highest BCUT2D eigenvalue weighted by atomic mass is 16.2. The van der Waals surface area contributed by atoms with Crippen LogP contribution in [0.5, 0.6) is 0 Å². The zero-order valence-corrected chi connectivity index (χ0v) is 12.1. The van der Waals surface area contributed by atoms with Crippen LogP contribution in [0.3, 0.4) is 0 Å². The van der Waals surface area contributed by atoms with Crippen LogP contribution in [0.1, 0.15) is 40.0 Å². The fraction of sp³-hybridized carbons (Fsp3) is 0.929. The maximum absolute atomic E-state index is 12.2. The number of rotatable bonds is 3. The summed E-state index contributed by atoms with van der Waals surface area (Å²) in [4.78, 5) is 16.7. The first-order valence-corrected chi connectivity index (χ1v) is 7.27. The molecule has 2 rings (SSSR count). The third-order valence-electron chi connectivity index (χ3n) is 4.37. The van der Waals surface area contributed by atoms with Gasteiger partial charge in [-0.1, -0.05) is 20.3 Å². The van der Waals surface area contributed by atoms with Crippen molar-refractivity contribution in [3.63, 3.8) is 0 Å². The van der Waals surface area contributed by atoms with E-state index in [1.54, 1.807) is 0 Å². The Kier molecular flexibility index (Phi) is 4.28. The predicted molar refractivity (Wildman–Crippen MR) is 73.2 cm³/mol. The second-order valence-electron chi connectivity index (χ2n) is 6.20. The summed E-state index contributed by atoms with van der Waals surface area (Å²) in [6.45, 7) is 8.39. The molecule has 0 aromatic rings. The number of piperidine rings is 1. The third kappa shape index (κ3) is 2.69. The molecule has 1 N–H and O–H groups in total. The molecule has 4 nitrogen and oxygen atoms in total. The van der Waals surface area contributed by atoms with E-state index >= 15 is 0 Å². The second kappa shape index (κ2) is 5.57. The van der Waals surface area contributed by atoms with Crippen LogP contribution in [-0.4, -0.2) is 54.1 Å². The lowest BCUT2D eigenvalue weighted by Crippen LogP contribution is -2.50. The minimum atomic E-state index is -0.0219. The molecule has 3 atom stereocenters. The van der Waals surface area contributed by atoms with Crippen molar-refractivity contribution in [2.24, 2.45) is 5.92 Å². The third-order valence-corrected chi connectivity index (χ3v) is 4.37. The first-order chi connectivity index (χ1) is 8.50. The maximum atomic E-state index is 12.2. The first-order valence-electron chi connectivity index (χ1n) is 7.27. The SMILES string of the molecule is CC1NC(C(C)C)N(CC2CCCCN2C)C1=O. The first kappa shape index (κ1) is 13.8. The number of nitrogens with zero attached hydrogens (tertiary/aromatic N) is 2. The number of nitrogens with one attached hydrogen (secondary N) is 1. The highest BCUT2D eigenvalue weighted by Gasteiger charge is 2.39. The predicted octanol–water partition coefficient (Wildman–Crippen LogP) is 1.27. The van der Waals surface area contributed by atoms with E-state index in [-0.39, 0.29) is 18.1 Å². The lowest BCUT2D eigenvalue weighted by atomic mass is 10.0. The number of amides is 1. The molecule has 0 aromatic heterocycles. The van der Waals surface area contributed by atoms with Crippen LogP contribution in [0.2, 0.25) is 0 Å². The standard InChI is InChI=1S/C14H27N3O/c1-10(2)13-15-11(3)14(18)17(13)9-12-7-5-6-8-16(12)4/h10-13,15H,5-9H2,1-4H3. The summed E-state index contributed by atoms with van der Waals surface area (Å²) in [6.07, 6.45) is 4.03. The van der Waals surface area contributed by atoms with Gasteiger partial charge in [-0.25, -0.2) is 0 Å². The summed E-state index contributed by atoms with van der Waals surface area (Å²) in [6, 6.07) is 0.516. The summed E-state index contributed by atoms with van der Waals surface area (Å²) < 4.78 is 0. The Morgan fingerprint density at radius 1 is 1.39 bits per heavy atom. The van der Waals surface area contributed by atoms with Gasteiger partial charge in [-0.15, -0.1) is 0 Å². The van der Waals surface area contributed by atoms with E-state index in [4.69, 9.17) is 0 Å². The monoisotopic (exact) mass is 253 g/mol. The van der Waals surface area contributed by atoms with Gasteiger partial charge in [-0.2, -0.15) is 0 Å². The van der Waals surface area contributed by atoms with Crippen molar-refractivity contribution in [2.45, 2.75) is 58.3 Å². The van der Waals surface area contributed by atoms with E-state index in [2.05, 4.69) is 36.0 Å². The average molecular weight is 253 g/mol. The number of hydrogen-bond acceptors (Lipinski definition) is 3. The lowest BCUT2D eigenvalue weighted by molar-refractivity contribution is -0.131. The van der Waals surface area contributed by atoms with Crippen LogP contribution in [0.25, 0.3) is 0 Å². The molecule has 0 aromatic carbocycles. The molecule has 2 fully saturated rings. The highest BCUT2D eigenvalue weighted by molar-refractivity contribution is 5.84. The molecule has 0 radical (unpaired) electrons. The molecule has 4 heteroatoms. The van der Waals surface area contributed by atoms with Crippen molar-refractivity contribution in [2.75, 3.05) is 20.1 Å². The smallest absolute Gasteiger partial charge is 0.240 e. The van der Waals surface area contributed by atoms with Gasteiger partial charge >= 0.3 is 0 Å². The molecule has 0 spiro atoms. The fourth-order valence-corrected chi connectivity index (χ4v) is 3.16. The van der Waals surface area contributed by atoms with Gasteiger partial charge < -0.3 is 9.80 Å². The second-order valence-corrected chi connectivity index (χ2v) is 6.20. The zero-order valence-electron chi connectivity index (χ0n) is 12.1. The van der Waals surface area contributed by atoms with E-state index in [1.165, 1.54) is 25.8 Å². The van der Waals surface area contributed by atoms with Gasteiger partial charge in [0.15, 0.2) is 0 Å². The normalized spacial score (nSPS) is 34.6. The Morgan fingerprint density at radius 3 is 2.72 bits per heavy atom. The Labute approximate surface area is 111 Å². The molecule has 18 heavy (non-hydrogen) atoms. The van der Waals surface area contributed by atoms with Crippen LogP contribution >= 0.6 is 0 Å². The molecular formula is C14H27N3O. The summed E-state index contributed by atoms with van der Waals surface area (Å²) in [5.41, 5.74) is 0. The van der Waals surface area contributed by atoms with Crippen molar-refractivity contribution in [3.8, 4) is 0 Å². The molecule has 104 valence electrons. The Balaban J connectivity index is 2.03. The van der Waals surface area contributed by atoms with E-state index in [0.717, 1.165) is 6.54 Å². The van der Waals surface area contributed by atoms with Crippen molar-refractivity contribution >= 4 is 5.91 Å². The molecule has 0 aliphatic carbocycles. The number of likely N-dealkylation sites (tertiary alicyclic amines) is 1. The average Bonchev–Trinajstić information content (AvgIpc) is 2.60. The molecule has 0 saturated carbocycles. The Hall–Kier alpha value is -0.610. The van der Waals surface area contributed by atoms with Crippen LogP contribution in [0, 0.1) is 5.92 Å². The fourth-order valence-electron chi connectivity index (χ4n) is 3.16. The molecule has 0 bridgehead atoms. The molecule has 3 unspecified atom stereocenters. The van der Waals surface area contributed by atoms with Gasteiger partial charge in [0.2, 0.25) is 5.91 Å². The molecule has 2 heterocycles. The van der Waals surface area contributed by atoms with Crippen molar-refractivity contribution in [3.05, 3.63) is 0 Å². The van der Waals surface area contributed by atoms with E-state index < -0.39 is 0 Å². The quantitative estimate of drug-likeness (QED) is 0.823. The Bertz CT molecular complexity index is 305. The summed E-state index contributed by atoms with van der Waals surface area (Å²) in [5, 5.41) is 3.42. The molecule has 1 amide bonds. The van der Waals surface area contributed by atoms with Crippen LogP contribution in [0.15, 0.2) is 0 Å². The largest absolute Gasteiger partial charge is 0.324 e. The van der Waals surface area contributed by atoms with Gasteiger partial charge in [-0.3, -0.25) is 10.1 Å². The van der Waals surface area contributed by atoms with Gasteiger partial charge in [0, 0.05) is 12.6 Å². The number of carbonyl (C=O) groups is 1. The summed E-state index contributed by atoms with van der Waals surface area (Å²) in [7, 11) is 2.19. The maximum Gasteiger partial charge on any atom is 0.240 e. The highest BCUT2D eigenvalue weighted by Crippen LogP contribution is 2.22. The topological polar surface area (TPSA) is 35.6 Å². The Morgan fingerprint density at radius 2 is 2.11 bits per heavy atom. The van der Waals surface area contributed by atoms with E-state index in [1.807, 2.05) is 6.92 Å². The number of likely N-dealkylation sites (N-methyl/N-ethyl adjacent to an activating group) is 1. The molecule has 2 aliphatic heterocycles.